The molecule has 1 aliphatic heterocycles. The summed E-state index contributed by atoms with van der Waals surface area (Å²) in [6, 6.07) is 3.72. The van der Waals surface area contributed by atoms with Gasteiger partial charge in [-0.05, 0) is 30.6 Å². The maximum Gasteiger partial charge on any atom is 0.312 e. The second kappa shape index (κ2) is 7.07. The molecular weight excluding hydrogens is 294 g/mol. The van der Waals surface area contributed by atoms with Gasteiger partial charge in [-0.25, -0.2) is 4.79 Å². The van der Waals surface area contributed by atoms with Crippen molar-refractivity contribution >= 4 is 29.4 Å². The first-order chi connectivity index (χ1) is 10.1. The molecule has 2 rings (SSSR count). The van der Waals surface area contributed by atoms with Gasteiger partial charge in [0.1, 0.15) is 6.04 Å². The number of ether oxygens (including phenoxy) is 2. The number of hydrogen-bond acceptors (Lipinski definition) is 5. The fourth-order valence-corrected chi connectivity index (χ4v) is 2.35. The van der Waals surface area contributed by atoms with E-state index in [4.69, 9.17) is 15.2 Å². The smallest absolute Gasteiger partial charge is 0.312 e. The molecule has 0 aliphatic carbocycles. The van der Waals surface area contributed by atoms with Crippen LogP contribution in [0.3, 0.4) is 0 Å². The van der Waals surface area contributed by atoms with Crippen LogP contribution in [0.5, 0.6) is 11.5 Å². The zero-order valence-electron chi connectivity index (χ0n) is 11.5. The molecule has 3 amide bonds. The Hall–Kier alpha value is -2.09. The van der Waals surface area contributed by atoms with Gasteiger partial charge in [0, 0.05) is 11.8 Å². The van der Waals surface area contributed by atoms with Gasteiger partial charge in [0.15, 0.2) is 11.5 Å². The molecule has 1 aromatic rings. The van der Waals surface area contributed by atoms with Crippen LogP contribution < -0.4 is 25.8 Å². The van der Waals surface area contributed by atoms with Crippen LogP contribution in [0.25, 0.3) is 0 Å². The number of rotatable bonds is 6. The maximum absolute atomic E-state index is 12.2. The molecule has 1 atom stereocenters. The molecule has 21 heavy (non-hydrogen) atoms. The van der Waals surface area contributed by atoms with Crippen LogP contribution in [0.2, 0.25) is 0 Å². The Balaban J connectivity index is 2.01. The molecule has 0 bridgehead atoms. The van der Waals surface area contributed by atoms with Crippen LogP contribution >= 0.6 is 11.8 Å². The number of hydrogen-bond donors (Lipinski definition) is 3. The molecule has 114 valence electrons. The van der Waals surface area contributed by atoms with E-state index in [2.05, 4.69) is 10.6 Å². The van der Waals surface area contributed by atoms with Gasteiger partial charge in [0.05, 0.1) is 0 Å². The number of carbonyl (C=O) groups is 2. The van der Waals surface area contributed by atoms with Gasteiger partial charge in [-0.15, -0.1) is 0 Å². The fourth-order valence-electron chi connectivity index (χ4n) is 1.88. The van der Waals surface area contributed by atoms with Crippen molar-refractivity contribution in [1.29, 1.82) is 0 Å². The first-order valence-electron chi connectivity index (χ1n) is 6.35. The molecule has 7 nitrogen and oxygen atoms in total. The highest BCUT2D eigenvalue weighted by Gasteiger charge is 2.20. The molecule has 0 spiro atoms. The summed E-state index contributed by atoms with van der Waals surface area (Å²) in [5.41, 5.74) is 5.67. The summed E-state index contributed by atoms with van der Waals surface area (Å²) >= 11 is 1.59. The Morgan fingerprint density at radius 1 is 1.38 bits per heavy atom. The van der Waals surface area contributed by atoms with Crippen LogP contribution in [-0.2, 0) is 4.79 Å². The first kappa shape index (κ1) is 15.3. The van der Waals surface area contributed by atoms with E-state index in [1.54, 1.807) is 30.0 Å². The molecule has 0 saturated heterocycles. The standard InChI is InChI=1S/C13H17N3O4S/c1-21-5-4-9(16-13(14)18)12(17)15-8-2-3-10-11(6-8)20-7-19-10/h2-3,6,9H,4-5,7H2,1H3,(H,15,17)(H3,14,16,18)/t9-/m1/s1. The third-order valence-corrected chi connectivity index (χ3v) is 3.53. The summed E-state index contributed by atoms with van der Waals surface area (Å²) in [6.07, 6.45) is 2.43. The van der Waals surface area contributed by atoms with Gasteiger partial charge in [-0.3, -0.25) is 4.79 Å². The minimum atomic E-state index is -0.720. The Labute approximate surface area is 126 Å². The minimum absolute atomic E-state index is 0.173. The summed E-state index contributed by atoms with van der Waals surface area (Å²) in [5.74, 6) is 1.64. The molecule has 0 saturated carbocycles. The number of nitrogens with one attached hydrogen (secondary N) is 2. The highest BCUT2D eigenvalue weighted by Crippen LogP contribution is 2.34. The van der Waals surface area contributed by atoms with Crippen molar-refractivity contribution in [3.63, 3.8) is 0 Å². The lowest BCUT2D eigenvalue weighted by Gasteiger charge is -2.17. The van der Waals surface area contributed by atoms with Gasteiger partial charge in [0.2, 0.25) is 12.7 Å². The monoisotopic (exact) mass is 311 g/mol. The largest absolute Gasteiger partial charge is 0.454 e. The number of nitrogens with two attached hydrogens (primary N) is 1. The number of anilines is 1. The average Bonchev–Trinajstić information content (AvgIpc) is 2.90. The minimum Gasteiger partial charge on any atom is -0.454 e. The van der Waals surface area contributed by atoms with E-state index in [0.717, 1.165) is 5.75 Å². The van der Waals surface area contributed by atoms with Gasteiger partial charge >= 0.3 is 6.03 Å². The van der Waals surface area contributed by atoms with Crippen LogP contribution in [0.15, 0.2) is 18.2 Å². The molecule has 0 fully saturated rings. The number of primary amides is 1. The lowest BCUT2D eigenvalue weighted by atomic mass is 10.2. The van der Waals surface area contributed by atoms with E-state index in [1.807, 2.05) is 6.26 Å². The van der Waals surface area contributed by atoms with Crippen molar-refractivity contribution < 1.29 is 19.1 Å². The third kappa shape index (κ3) is 4.19. The lowest BCUT2D eigenvalue weighted by Crippen LogP contribution is -2.46. The van der Waals surface area contributed by atoms with E-state index in [9.17, 15) is 9.59 Å². The first-order valence-corrected chi connectivity index (χ1v) is 7.75. The molecule has 0 aromatic heterocycles. The number of fused-ring (bicyclic) bond motifs is 1. The van der Waals surface area contributed by atoms with E-state index >= 15 is 0 Å². The summed E-state index contributed by atoms with van der Waals surface area (Å²) in [4.78, 5) is 23.2. The normalized spacial score (nSPS) is 13.6. The predicted octanol–water partition coefficient (Wildman–Crippen LogP) is 1.14. The van der Waals surface area contributed by atoms with Crippen molar-refractivity contribution in [3.05, 3.63) is 18.2 Å². The second-order valence-electron chi connectivity index (χ2n) is 4.40. The Bertz CT molecular complexity index is 538. The van der Waals surface area contributed by atoms with E-state index in [0.29, 0.717) is 23.6 Å². The van der Waals surface area contributed by atoms with Crippen LogP contribution in [-0.4, -0.2) is 36.8 Å². The van der Waals surface area contributed by atoms with Crippen molar-refractivity contribution in [1.82, 2.24) is 5.32 Å². The number of benzene rings is 1. The second-order valence-corrected chi connectivity index (χ2v) is 5.39. The van der Waals surface area contributed by atoms with Crippen LogP contribution in [0, 0.1) is 0 Å². The summed E-state index contributed by atoms with van der Waals surface area (Å²) in [6.45, 7) is 0.173. The molecule has 0 radical (unpaired) electrons. The third-order valence-electron chi connectivity index (χ3n) is 2.88. The topological polar surface area (TPSA) is 103 Å². The molecule has 1 aromatic carbocycles. The average molecular weight is 311 g/mol. The Morgan fingerprint density at radius 3 is 2.86 bits per heavy atom. The van der Waals surface area contributed by atoms with Crippen molar-refractivity contribution in [3.8, 4) is 11.5 Å². The van der Waals surface area contributed by atoms with Gasteiger partial charge in [-0.1, -0.05) is 0 Å². The predicted molar refractivity (Wildman–Crippen MR) is 80.7 cm³/mol. The summed E-state index contributed by atoms with van der Waals surface area (Å²) in [7, 11) is 0. The quantitative estimate of drug-likeness (QED) is 0.731. The molecule has 0 unspecified atom stereocenters. The Morgan fingerprint density at radius 2 is 2.14 bits per heavy atom. The van der Waals surface area contributed by atoms with Crippen molar-refractivity contribution in [2.24, 2.45) is 5.73 Å². The summed E-state index contributed by atoms with van der Waals surface area (Å²) in [5, 5.41) is 5.18. The molecule has 4 N–H and O–H groups in total. The lowest BCUT2D eigenvalue weighted by molar-refractivity contribution is -0.117. The highest BCUT2D eigenvalue weighted by atomic mass is 32.2. The zero-order valence-corrected chi connectivity index (χ0v) is 12.4. The molecule has 1 aliphatic rings. The van der Waals surface area contributed by atoms with Gasteiger partial charge in [-0.2, -0.15) is 11.8 Å². The highest BCUT2D eigenvalue weighted by molar-refractivity contribution is 7.98. The summed E-state index contributed by atoms with van der Waals surface area (Å²) < 4.78 is 10.4. The van der Waals surface area contributed by atoms with Crippen LogP contribution in [0.4, 0.5) is 10.5 Å². The van der Waals surface area contributed by atoms with E-state index in [-0.39, 0.29) is 12.7 Å². The van der Waals surface area contributed by atoms with E-state index in [1.165, 1.54) is 0 Å². The van der Waals surface area contributed by atoms with Gasteiger partial charge in [0.25, 0.3) is 0 Å². The fraction of sp³-hybridized carbons (Fsp3) is 0.385. The molecular formula is C13H17N3O4S. The number of carbonyl (C=O) groups excluding carboxylic acids is 2. The number of urea groups is 1. The van der Waals surface area contributed by atoms with Crippen molar-refractivity contribution in [2.75, 3.05) is 24.1 Å². The SMILES string of the molecule is CSCC[C@@H](NC(N)=O)C(=O)Nc1ccc2c(c1)OCO2. The maximum atomic E-state index is 12.2. The number of thioether (sulfide) groups is 1. The molecule has 1 heterocycles. The van der Waals surface area contributed by atoms with Crippen molar-refractivity contribution in [2.45, 2.75) is 12.5 Å². The van der Waals surface area contributed by atoms with E-state index < -0.39 is 12.1 Å². The number of amides is 3. The Kier molecular flexibility index (Phi) is 5.15. The molecule has 8 heteroatoms. The van der Waals surface area contributed by atoms with Crippen LogP contribution in [0.1, 0.15) is 6.42 Å². The van der Waals surface area contributed by atoms with Gasteiger partial charge < -0.3 is 25.8 Å². The zero-order chi connectivity index (χ0) is 15.2.